The summed E-state index contributed by atoms with van der Waals surface area (Å²) in [7, 11) is 3.32. The quantitative estimate of drug-likeness (QED) is 0.873. The molecule has 0 radical (unpaired) electrons. The maximum Gasteiger partial charge on any atom is 0.323 e. The van der Waals surface area contributed by atoms with Crippen molar-refractivity contribution in [2.75, 3.05) is 42.8 Å². The Hall–Kier alpha value is -2.73. The first-order chi connectivity index (χ1) is 12.2. The van der Waals surface area contributed by atoms with Crippen molar-refractivity contribution in [3.63, 3.8) is 0 Å². The molecule has 2 aromatic carbocycles. The van der Waals surface area contributed by atoms with Gasteiger partial charge in [-0.2, -0.15) is 0 Å². The number of ether oxygens (including phenoxy) is 2. The number of para-hydroxylation sites is 2. The molecule has 1 aliphatic heterocycles. The predicted molar refractivity (Wildman–Crippen MR) is 99.7 cm³/mol. The van der Waals surface area contributed by atoms with E-state index in [1.54, 1.807) is 26.4 Å². The molecule has 6 heteroatoms. The lowest BCUT2D eigenvalue weighted by Crippen LogP contribution is -2.22. The molecule has 0 aromatic heterocycles. The second-order valence-corrected chi connectivity index (χ2v) is 5.92. The molecule has 2 amide bonds. The van der Waals surface area contributed by atoms with Gasteiger partial charge in [0, 0.05) is 31.6 Å². The van der Waals surface area contributed by atoms with E-state index in [1.807, 2.05) is 36.4 Å². The first kappa shape index (κ1) is 17.1. The molecule has 1 heterocycles. The number of amides is 2. The van der Waals surface area contributed by atoms with E-state index >= 15 is 0 Å². The fourth-order valence-electron chi connectivity index (χ4n) is 2.94. The van der Waals surface area contributed by atoms with Crippen molar-refractivity contribution >= 4 is 23.1 Å². The van der Waals surface area contributed by atoms with Crippen LogP contribution >= 0.6 is 0 Å². The molecule has 0 unspecified atom stereocenters. The van der Waals surface area contributed by atoms with Gasteiger partial charge < -0.3 is 25.0 Å². The summed E-state index contributed by atoms with van der Waals surface area (Å²) in [6, 6.07) is 14.8. The summed E-state index contributed by atoms with van der Waals surface area (Å²) in [5.41, 5.74) is 2.50. The number of anilines is 3. The third-order valence-corrected chi connectivity index (χ3v) is 4.32. The van der Waals surface area contributed by atoms with Crippen LogP contribution < -0.4 is 20.3 Å². The minimum absolute atomic E-state index is 0.296. The summed E-state index contributed by atoms with van der Waals surface area (Å²) in [6.07, 6.45) is 1.34. The fourth-order valence-corrected chi connectivity index (χ4v) is 2.94. The third kappa shape index (κ3) is 4.22. The number of carbonyl (C=O) groups is 1. The molecule has 6 nitrogen and oxygen atoms in total. The highest BCUT2D eigenvalue weighted by Gasteiger charge is 2.22. The normalized spacial score (nSPS) is 16.6. The van der Waals surface area contributed by atoms with Crippen molar-refractivity contribution in [2.45, 2.75) is 12.5 Å². The second-order valence-electron chi connectivity index (χ2n) is 5.92. The first-order valence-electron chi connectivity index (χ1n) is 8.28. The zero-order valence-corrected chi connectivity index (χ0v) is 14.5. The fraction of sp³-hybridized carbons (Fsp3) is 0.316. The van der Waals surface area contributed by atoms with Crippen LogP contribution in [0.5, 0.6) is 5.75 Å². The highest BCUT2D eigenvalue weighted by atomic mass is 16.5. The van der Waals surface area contributed by atoms with Gasteiger partial charge in [-0.1, -0.05) is 12.1 Å². The standard InChI is InChI=1S/C19H23N3O3/c1-24-16-11-12-22(13-16)15-9-7-14(8-10-15)20-19(23)21-17-5-3-4-6-18(17)25-2/h3-10,16H,11-13H2,1-2H3,(H2,20,21,23)/t16-/m0/s1. The Morgan fingerprint density at radius 1 is 1.08 bits per heavy atom. The third-order valence-electron chi connectivity index (χ3n) is 4.32. The molecule has 1 atom stereocenters. The Balaban J connectivity index is 1.59. The largest absolute Gasteiger partial charge is 0.495 e. The predicted octanol–water partition coefficient (Wildman–Crippen LogP) is 3.56. The maximum absolute atomic E-state index is 12.2. The number of hydrogen-bond donors (Lipinski definition) is 2. The number of methoxy groups -OCH3 is 2. The summed E-state index contributed by atoms with van der Waals surface area (Å²) >= 11 is 0. The van der Waals surface area contributed by atoms with Crippen LogP contribution in [-0.4, -0.2) is 39.4 Å². The van der Waals surface area contributed by atoms with Gasteiger partial charge >= 0.3 is 6.03 Å². The van der Waals surface area contributed by atoms with Crippen molar-refractivity contribution in [1.29, 1.82) is 0 Å². The lowest BCUT2D eigenvalue weighted by Gasteiger charge is -2.18. The van der Waals surface area contributed by atoms with Gasteiger partial charge in [0.15, 0.2) is 0 Å². The van der Waals surface area contributed by atoms with Gasteiger partial charge in [-0.25, -0.2) is 4.79 Å². The molecule has 1 aliphatic rings. The highest BCUT2D eigenvalue weighted by molar-refractivity contribution is 6.00. The van der Waals surface area contributed by atoms with Crippen molar-refractivity contribution in [3.05, 3.63) is 48.5 Å². The molecule has 25 heavy (non-hydrogen) atoms. The summed E-state index contributed by atoms with van der Waals surface area (Å²) in [6.45, 7) is 1.89. The maximum atomic E-state index is 12.2. The number of benzene rings is 2. The van der Waals surface area contributed by atoms with E-state index in [0.717, 1.165) is 30.9 Å². The van der Waals surface area contributed by atoms with Crippen molar-refractivity contribution in [3.8, 4) is 5.75 Å². The van der Waals surface area contributed by atoms with Crippen LogP contribution in [-0.2, 0) is 4.74 Å². The zero-order valence-electron chi connectivity index (χ0n) is 14.5. The van der Waals surface area contributed by atoms with Crippen molar-refractivity contribution < 1.29 is 14.3 Å². The smallest absolute Gasteiger partial charge is 0.323 e. The molecular weight excluding hydrogens is 318 g/mol. The van der Waals surface area contributed by atoms with Crippen molar-refractivity contribution in [1.82, 2.24) is 0 Å². The van der Waals surface area contributed by atoms with E-state index in [9.17, 15) is 4.79 Å². The monoisotopic (exact) mass is 341 g/mol. The lowest BCUT2D eigenvalue weighted by atomic mass is 10.2. The molecule has 0 aliphatic carbocycles. The van der Waals surface area contributed by atoms with E-state index < -0.39 is 0 Å². The van der Waals surface area contributed by atoms with Crippen LogP contribution in [0.2, 0.25) is 0 Å². The molecule has 2 aromatic rings. The Morgan fingerprint density at radius 3 is 2.52 bits per heavy atom. The number of nitrogens with one attached hydrogen (secondary N) is 2. The van der Waals surface area contributed by atoms with Gasteiger partial charge in [0.25, 0.3) is 0 Å². The number of hydrogen-bond acceptors (Lipinski definition) is 4. The molecular formula is C19H23N3O3. The van der Waals surface area contributed by atoms with Crippen LogP contribution in [0, 0.1) is 0 Å². The Bertz CT molecular complexity index is 718. The minimum atomic E-state index is -0.308. The molecule has 1 fully saturated rings. The summed E-state index contributed by atoms with van der Waals surface area (Å²) in [5, 5.41) is 5.62. The highest BCUT2D eigenvalue weighted by Crippen LogP contribution is 2.25. The Kier molecular flexibility index (Phi) is 5.40. The van der Waals surface area contributed by atoms with E-state index in [1.165, 1.54) is 0 Å². The van der Waals surface area contributed by atoms with Gasteiger partial charge in [0.2, 0.25) is 0 Å². The van der Waals surface area contributed by atoms with Crippen LogP contribution in [0.1, 0.15) is 6.42 Å². The van der Waals surface area contributed by atoms with Gasteiger partial charge in [-0.3, -0.25) is 0 Å². The van der Waals surface area contributed by atoms with E-state index in [-0.39, 0.29) is 6.03 Å². The molecule has 0 saturated carbocycles. The van der Waals surface area contributed by atoms with E-state index in [4.69, 9.17) is 9.47 Å². The molecule has 132 valence electrons. The summed E-state index contributed by atoms with van der Waals surface area (Å²) in [4.78, 5) is 14.5. The zero-order chi connectivity index (χ0) is 17.6. The van der Waals surface area contributed by atoms with E-state index in [0.29, 0.717) is 17.5 Å². The molecule has 1 saturated heterocycles. The Labute approximate surface area is 147 Å². The van der Waals surface area contributed by atoms with E-state index in [2.05, 4.69) is 15.5 Å². The van der Waals surface area contributed by atoms with Gasteiger partial charge in [0.1, 0.15) is 5.75 Å². The van der Waals surface area contributed by atoms with Crippen LogP contribution in [0.3, 0.4) is 0 Å². The van der Waals surface area contributed by atoms with Crippen LogP contribution in [0.25, 0.3) is 0 Å². The average Bonchev–Trinajstić information content (AvgIpc) is 3.12. The molecule has 3 rings (SSSR count). The number of rotatable bonds is 5. The second kappa shape index (κ2) is 7.90. The SMILES string of the molecule is COc1ccccc1NC(=O)Nc1ccc(N2CC[C@H](OC)C2)cc1. The van der Waals surface area contributed by atoms with Gasteiger partial charge in [0.05, 0.1) is 18.9 Å². The van der Waals surface area contributed by atoms with Crippen LogP contribution in [0.15, 0.2) is 48.5 Å². The average molecular weight is 341 g/mol. The Morgan fingerprint density at radius 2 is 1.84 bits per heavy atom. The minimum Gasteiger partial charge on any atom is -0.495 e. The topological polar surface area (TPSA) is 62.8 Å². The lowest BCUT2D eigenvalue weighted by molar-refractivity contribution is 0.121. The van der Waals surface area contributed by atoms with Gasteiger partial charge in [-0.15, -0.1) is 0 Å². The summed E-state index contributed by atoms with van der Waals surface area (Å²) < 4.78 is 10.6. The first-order valence-corrected chi connectivity index (χ1v) is 8.28. The summed E-state index contributed by atoms with van der Waals surface area (Å²) in [5.74, 6) is 0.620. The molecule has 0 bridgehead atoms. The van der Waals surface area contributed by atoms with Gasteiger partial charge in [-0.05, 0) is 42.8 Å². The van der Waals surface area contributed by atoms with Crippen LogP contribution in [0.4, 0.5) is 21.9 Å². The number of carbonyl (C=O) groups excluding carboxylic acids is 1. The van der Waals surface area contributed by atoms with Crippen molar-refractivity contribution in [2.24, 2.45) is 0 Å². The molecule has 2 N–H and O–H groups in total. The number of urea groups is 1. The molecule has 0 spiro atoms. The number of nitrogens with zero attached hydrogens (tertiary/aromatic N) is 1.